The summed E-state index contributed by atoms with van der Waals surface area (Å²) >= 11 is 0. The molecule has 5 heteroatoms. The highest BCUT2D eigenvalue weighted by Crippen LogP contribution is 2.25. The van der Waals surface area contributed by atoms with Crippen molar-refractivity contribution < 1.29 is 17.9 Å². The molecule has 0 amide bonds. The lowest BCUT2D eigenvalue weighted by molar-refractivity contribution is -0.274. The van der Waals surface area contributed by atoms with Crippen LogP contribution in [0.1, 0.15) is 22.7 Å². The van der Waals surface area contributed by atoms with Crippen LogP contribution in [0.25, 0.3) is 0 Å². The van der Waals surface area contributed by atoms with Crippen LogP contribution in [0.4, 0.5) is 13.2 Å². The van der Waals surface area contributed by atoms with Crippen LogP contribution in [0.15, 0.2) is 48.5 Å². The molecule has 0 aliphatic carbocycles. The van der Waals surface area contributed by atoms with Gasteiger partial charge in [0.25, 0.3) is 0 Å². The van der Waals surface area contributed by atoms with Crippen LogP contribution in [-0.4, -0.2) is 6.36 Å². The predicted molar refractivity (Wildman–Crippen MR) is 74.9 cm³/mol. The second-order valence-electron chi connectivity index (χ2n) is 4.92. The highest BCUT2D eigenvalue weighted by atomic mass is 19.4. The van der Waals surface area contributed by atoms with Crippen LogP contribution < -0.4 is 10.5 Å². The van der Waals surface area contributed by atoms with E-state index < -0.39 is 6.36 Å². The van der Waals surface area contributed by atoms with E-state index in [9.17, 15) is 13.2 Å². The Balaban J connectivity index is 2.04. The molecular formula is C16H16F3NO. The summed E-state index contributed by atoms with van der Waals surface area (Å²) in [5.74, 6) is -0.242. The van der Waals surface area contributed by atoms with Gasteiger partial charge in [-0.15, -0.1) is 13.2 Å². The summed E-state index contributed by atoms with van der Waals surface area (Å²) in [7, 11) is 0. The van der Waals surface area contributed by atoms with Gasteiger partial charge in [-0.1, -0.05) is 42.0 Å². The van der Waals surface area contributed by atoms with E-state index in [0.717, 1.165) is 16.7 Å². The fraction of sp³-hybridized carbons (Fsp3) is 0.250. The van der Waals surface area contributed by atoms with Crippen molar-refractivity contribution in [2.45, 2.75) is 25.7 Å². The molecule has 2 aromatic carbocycles. The molecule has 2 N–H and O–H groups in total. The monoisotopic (exact) mass is 295 g/mol. The zero-order valence-electron chi connectivity index (χ0n) is 11.5. The molecule has 0 radical (unpaired) electrons. The van der Waals surface area contributed by atoms with Crippen molar-refractivity contribution in [3.63, 3.8) is 0 Å². The summed E-state index contributed by atoms with van der Waals surface area (Å²) in [5.41, 5.74) is 9.10. The standard InChI is InChI=1S/C16H16F3NO/c1-11-3-2-4-12(9-11)10-15(20)13-5-7-14(8-6-13)21-16(17,18)19/h2-9,15H,10,20H2,1H3. The molecule has 21 heavy (non-hydrogen) atoms. The Morgan fingerprint density at radius 1 is 1.10 bits per heavy atom. The van der Waals surface area contributed by atoms with Gasteiger partial charge in [0.15, 0.2) is 0 Å². The normalized spacial score (nSPS) is 13.0. The zero-order valence-corrected chi connectivity index (χ0v) is 11.5. The van der Waals surface area contributed by atoms with Gasteiger partial charge in [0.05, 0.1) is 0 Å². The maximum absolute atomic E-state index is 12.1. The molecule has 0 spiro atoms. The maximum atomic E-state index is 12.1. The molecule has 0 bridgehead atoms. The lowest BCUT2D eigenvalue weighted by Crippen LogP contribution is -2.17. The number of hydrogen-bond acceptors (Lipinski definition) is 2. The minimum atomic E-state index is -4.68. The number of nitrogens with two attached hydrogens (primary N) is 1. The van der Waals surface area contributed by atoms with E-state index in [0.29, 0.717) is 6.42 Å². The second-order valence-corrected chi connectivity index (χ2v) is 4.92. The van der Waals surface area contributed by atoms with Crippen molar-refractivity contribution in [2.24, 2.45) is 5.73 Å². The molecular weight excluding hydrogens is 279 g/mol. The molecule has 0 saturated heterocycles. The van der Waals surface area contributed by atoms with Crippen LogP contribution >= 0.6 is 0 Å². The van der Waals surface area contributed by atoms with Crippen LogP contribution in [0.5, 0.6) is 5.75 Å². The van der Waals surface area contributed by atoms with Gasteiger partial charge in [0.1, 0.15) is 5.75 Å². The number of hydrogen-bond donors (Lipinski definition) is 1. The summed E-state index contributed by atoms with van der Waals surface area (Å²) < 4.78 is 40.1. The average Bonchev–Trinajstić information content (AvgIpc) is 2.37. The van der Waals surface area contributed by atoms with Gasteiger partial charge in [-0.2, -0.15) is 0 Å². The summed E-state index contributed by atoms with van der Waals surface area (Å²) in [4.78, 5) is 0. The molecule has 1 unspecified atom stereocenters. The third-order valence-electron chi connectivity index (χ3n) is 3.08. The first kappa shape index (κ1) is 15.4. The summed E-state index contributed by atoms with van der Waals surface area (Å²) in [5, 5.41) is 0. The Kier molecular flexibility index (Phi) is 4.53. The third-order valence-corrected chi connectivity index (χ3v) is 3.08. The van der Waals surface area contributed by atoms with Crippen LogP contribution in [-0.2, 0) is 6.42 Å². The lowest BCUT2D eigenvalue weighted by Gasteiger charge is -2.14. The highest BCUT2D eigenvalue weighted by molar-refractivity contribution is 5.31. The molecule has 0 aliphatic rings. The van der Waals surface area contributed by atoms with E-state index in [4.69, 9.17) is 5.73 Å². The van der Waals surface area contributed by atoms with Crippen molar-refractivity contribution in [3.8, 4) is 5.75 Å². The first-order chi connectivity index (χ1) is 9.83. The molecule has 2 rings (SSSR count). The number of aryl methyl sites for hydroxylation is 1. The summed E-state index contributed by atoms with van der Waals surface area (Å²) in [6.45, 7) is 2.00. The maximum Gasteiger partial charge on any atom is 0.573 e. The Bertz CT molecular complexity index is 593. The number of halogens is 3. The van der Waals surface area contributed by atoms with Gasteiger partial charge in [-0.25, -0.2) is 0 Å². The first-order valence-corrected chi connectivity index (χ1v) is 6.50. The average molecular weight is 295 g/mol. The minimum absolute atomic E-state index is 0.242. The summed E-state index contributed by atoms with van der Waals surface area (Å²) in [6, 6.07) is 13.4. The van der Waals surface area contributed by atoms with Gasteiger partial charge in [0.2, 0.25) is 0 Å². The molecule has 0 aromatic heterocycles. The van der Waals surface area contributed by atoms with Gasteiger partial charge in [-0.05, 0) is 36.6 Å². The van der Waals surface area contributed by atoms with Crippen molar-refractivity contribution >= 4 is 0 Å². The number of rotatable bonds is 4. The Morgan fingerprint density at radius 3 is 2.33 bits per heavy atom. The van der Waals surface area contributed by atoms with Crippen molar-refractivity contribution in [1.29, 1.82) is 0 Å². The van der Waals surface area contributed by atoms with Crippen LogP contribution in [0, 0.1) is 6.92 Å². The Hall–Kier alpha value is -2.01. The van der Waals surface area contributed by atoms with E-state index in [2.05, 4.69) is 4.74 Å². The SMILES string of the molecule is Cc1cccc(CC(N)c2ccc(OC(F)(F)F)cc2)c1. The minimum Gasteiger partial charge on any atom is -0.406 e. The van der Waals surface area contributed by atoms with Gasteiger partial charge in [0, 0.05) is 6.04 Å². The largest absolute Gasteiger partial charge is 0.573 e. The highest BCUT2D eigenvalue weighted by Gasteiger charge is 2.31. The molecule has 112 valence electrons. The zero-order chi connectivity index (χ0) is 15.5. The number of alkyl halides is 3. The molecule has 0 aliphatic heterocycles. The second kappa shape index (κ2) is 6.18. The van der Waals surface area contributed by atoms with Crippen LogP contribution in [0.3, 0.4) is 0 Å². The van der Waals surface area contributed by atoms with E-state index in [1.807, 2.05) is 31.2 Å². The Labute approximate surface area is 121 Å². The van der Waals surface area contributed by atoms with E-state index in [1.165, 1.54) is 12.1 Å². The lowest BCUT2D eigenvalue weighted by atomic mass is 9.99. The van der Waals surface area contributed by atoms with Crippen molar-refractivity contribution in [3.05, 3.63) is 65.2 Å². The van der Waals surface area contributed by atoms with E-state index in [-0.39, 0.29) is 11.8 Å². The van der Waals surface area contributed by atoms with Crippen molar-refractivity contribution in [2.75, 3.05) is 0 Å². The van der Waals surface area contributed by atoms with Crippen LogP contribution in [0.2, 0.25) is 0 Å². The molecule has 2 nitrogen and oxygen atoms in total. The number of ether oxygens (including phenoxy) is 1. The van der Waals surface area contributed by atoms with Gasteiger partial charge in [-0.3, -0.25) is 0 Å². The fourth-order valence-electron chi connectivity index (χ4n) is 2.13. The topological polar surface area (TPSA) is 35.2 Å². The molecule has 0 saturated carbocycles. The number of benzene rings is 2. The van der Waals surface area contributed by atoms with Gasteiger partial charge < -0.3 is 10.5 Å². The smallest absolute Gasteiger partial charge is 0.406 e. The van der Waals surface area contributed by atoms with Gasteiger partial charge >= 0.3 is 6.36 Å². The molecule has 0 heterocycles. The van der Waals surface area contributed by atoms with E-state index in [1.54, 1.807) is 12.1 Å². The summed E-state index contributed by atoms with van der Waals surface area (Å²) in [6.07, 6.45) is -4.05. The Morgan fingerprint density at radius 2 is 1.76 bits per heavy atom. The molecule has 1 atom stereocenters. The van der Waals surface area contributed by atoms with E-state index >= 15 is 0 Å². The predicted octanol–water partition coefficient (Wildman–Crippen LogP) is 4.14. The van der Waals surface area contributed by atoms with Crippen molar-refractivity contribution in [1.82, 2.24) is 0 Å². The fourth-order valence-corrected chi connectivity index (χ4v) is 2.13. The first-order valence-electron chi connectivity index (χ1n) is 6.50. The third kappa shape index (κ3) is 4.79. The quantitative estimate of drug-likeness (QED) is 0.920. The molecule has 0 fully saturated rings. The molecule has 2 aromatic rings.